The molecule has 47 heavy (non-hydrogen) atoms. The third-order valence-corrected chi connectivity index (χ3v) is 11.0. The molecule has 218 valence electrons. The number of rotatable bonds is 3. The fourth-order valence-electron chi connectivity index (χ4n) is 7.76. The lowest BCUT2D eigenvalue weighted by molar-refractivity contribution is 1.40. The monoisotopic (exact) mass is 612 g/mol. The van der Waals surface area contributed by atoms with Crippen LogP contribution < -0.4 is 0 Å². The minimum Gasteiger partial charge on any atom is -0.0888 e. The van der Waals surface area contributed by atoms with Gasteiger partial charge in [-0.25, -0.2) is 0 Å². The Morgan fingerprint density at radius 3 is 1.64 bits per heavy atom. The average Bonchev–Trinajstić information content (AvgIpc) is 3.13. The summed E-state index contributed by atoms with van der Waals surface area (Å²) in [6.07, 6.45) is 0. The highest BCUT2D eigenvalue weighted by atomic mass is 32.2. The van der Waals surface area contributed by atoms with Crippen LogP contribution in [0.25, 0.3) is 87.6 Å². The van der Waals surface area contributed by atoms with E-state index in [9.17, 15) is 0 Å². The first-order valence-electron chi connectivity index (χ1n) is 16.2. The molecule has 0 saturated heterocycles. The summed E-state index contributed by atoms with van der Waals surface area (Å²) in [5.41, 5.74) is 10.2. The Morgan fingerprint density at radius 2 is 0.872 bits per heavy atom. The van der Waals surface area contributed by atoms with Crippen molar-refractivity contribution < 1.29 is 0 Å². The van der Waals surface area contributed by atoms with Gasteiger partial charge in [0.25, 0.3) is 0 Å². The number of benzene rings is 9. The van der Waals surface area contributed by atoms with Crippen LogP contribution in [-0.4, -0.2) is 0 Å². The van der Waals surface area contributed by atoms with Crippen molar-refractivity contribution in [3.05, 3.63) is 170 Å². The maximum Gasteiger partial charge on any atom is 0.0207 e. The van der Waals surface area contributed by atoms with Crippen LogP contribution in [0.5, 0.6) is 0 Å². The third-order valence-electron chi connectivity index (χ3n) is 9.84. The molecule has 0 atom stereocenters. The Kier molecular flexibility index (Phi) is 5.91. The van der Waals surface area contributed by atoms with E-state index in [1.165, 1.54) is 97.4 Å². The van der Waals surface area contributed by atoms with Crippen molar-refractivity contribution in [1.29, 1.82) is 0 Å². The molecule has 1 heterocycles. The first-order chi connectivity index (χ1) is 23.3. The van der Waals surface area contributed by atoms with Crippen molar-refractivity contribution in [3.8, 4) is 44.5 Å². The standard InChI is InChI=1S/C46H28S/c1-2-12-31-27-32(24-23-29(31)11-1)34-15-3-4-16-36(34)46-40-19-7-5-17-38(40)44(39-18-6-8-20-41(39)46)33-25-26-35-37-21-9-13-30-14-10-22-42(45(30)37)47-43(35)28-33/h1-28H. The molecule has 0 radical (unpaired) electrons. The van der Waals surface area contributed by atoms with E-state index in [2.05, 4.69) is 170 Å². The lowest BCUT2D eigenvalue weighted by Crippen LogP contribution is -1.95. The zero-order valence-electron chi connectivity index (χ0n) is 25.6. The maximum absolute atomic E-state index is 2.42. The van der Waals surface area contributed by atoms with Crippen molar-refractivity contribution in [2.45, 2.75) is 9.79 Å². The first kappa shape index (κ1) is 26.6. The molecular weight excluding hydrogens is 585 g/mol. The van der Waals surface area contributed by atoms with Gasteiger partial charge in [0.1, 0.15) is 0 Å². The van der Waals surface area contributed by atoms with E-state index in [1.807, 2.05) is 11.8 Å². The lowest BCUT2D eigenvalue weighted by Gasteiger charge is -2.23. The zero-order valence-corrected chi connectivity index (χ0v) is 26.4. The molecule has 0 saturated carbocycles. The van der Waals surface area contributed by atoms with Crippen LogP contribution in [-0.2, 0) is 0 Å². The summed E-state index contributed by atoms with van der Waals surface area (Å²) in [7, 11) is 0. The van der Waals surface area contributed by atoms with E-state index in [0.717, 1.165) is 0 Å². The lowest BCUT2D eigenvalue weighted by atomic mass is 9.83. The molecule has 0 bridgehead atoms. The third kappa shape index (κ3) is 4.10. The van der Waals surface area contributed by atoms with Gasteiger partial charge in [0.15, 0.2) is 0 Å². The van der Waals surface area contributed by atoms with Gasteiger partial charge >= 0.3 is 0 Å². The SMILES string of the molecule is c1ccc(-c2c3ccccc3c(-c3ccc4c(c3)Sc3cccc5cccc-4c35)c3ccccc23)c(-c2ccc3ccccc3c2)c1. The van der Waals surface area contributed by atoms with Crippen LogP contribution in [0, 0.1) is 0 Å². The van der Waals surface area contributed by atoms with Gasteiger partial charge in [-0.3, -0.25) is 0 Å². The molecule has 1 aliphatic rings. The fraction of sp³-hybridized carbons (Fsp3) is 0. The van der Waals surface area contributed by atoms with Crippen molar-refractivity contribution in [3.63, 3.8) is 0 Å². The Bertz CT molecular complexity index is 2650. The van der Waals surface area contributed by atoms with E-state index in [1.54, 1.807) is 0 Å². The second-order valence-corrected chi connectivity index (χ2v) is 13.5. The van der Waals surface area contributed by atoms with Gasteiger partial charge < -0.3 is 0 Å². The molecule has 0 amide bonds. The van der Waals surface area contributed by atoms with Crippen molar-refractivity contribution in [2.75, 3.05) is 0 Å². The van der Waals surface area contributed by atoms with Crippen molar-refractivity contribution >= 4 is 54.9 Å². The molecule has 10 rings (SSSR count). The second-order valence-electron chi connectivity index (χ2n) is 12.4. The van der Waals surface area contributed by atoms with Gasteiger partial charge in [-0.2, -0.15) is 0 Å². The number of fused-ring (bicyclic) bond motifs is 5. The van der Waals surface area contributed by atoms with E-state index in [0.29, 0.717) is 0 Å². The highest BCUT2D eigenvalue weighted by Crippen LogP contribution is 2.51. The Balaban J connectivity index is 1.22. The molecule has 0 N–H and O–H groups in total. The second kappa shape index (κ2) is 10.5. The number of hydrogen-bond acceptors (Lipinski definition) is 1. The summed E-state index contributed by atoms with van der Waals surface area (Å²) >= 11 is 1.89. The van der Waals surface area contributed by atoms with Gasteiger partial charge in [-0.05, 0) is 100 Å². The topological polar surface area (TPSA) is 0 Å². The Morgan fingerprint density at radius 1 is 0.298 bits per heavy atom. The summed E-state index contributed by atoms with van der Waals surface area (Å²) in [5, 5.41) is 10.3. The fourth-order valence-corrected chi connectivity index (χ4v) is 8.95. The molecule has 0 aliphatic carbocycles. The van der Waals surface area contributed by atoms with Crippen LogP contribution in [0.2, 0.25) is 0 Å². The summed E-state index contributed by atoms with van der Waals surface area (Å²) in [6, 6.07) is 62.8. The van der Waals surface area contributed by atoms with Crippen molar-refractivity contribution in [2.24, 2.45) is 0 Å². The zero-order chi connectivity index (χ0) is 30.9. The van der Waals surface area contributed by atoms with E-state index in [-0.39, 0.29) is 0 Å². The first-order valence-corrected chi connectivity index (χ1v) is 17.0. The summed E-state index contributed by atoms with van der Waals surface area (Å²) in [6.45, 7) is 0. The predicted octanol–water partition coefficient (Wildman–Crippen LogP) is 13.4. The normalized spacial score (nSPS) is 12.2. The van der Waals surface area contributed by atoms with Crippen LogP contribution in [0.15, 0.2) is 180 Å². The molecule has 9 aromatic rings. The molecule has 0 fully saturated rings. The van der Waals surface area contributed by atoms with Crippen LogP contribution in [0.1, 0.15) is 0 Å². The molecule has 0 aromatic heterocycles. The molecule has 1 heteroatoms. The summed E-state index contributed by atoms with van der Waals surface area (Å²) in [5.74, 6) is 0. The quantitative estimate of drug-likeness (QED) is 0.179. The molecule has 0 unspecified atom stereocenters. The maximum atomic E-state index is 2.42. The van der Waals surface area contributed by atoms with Gasteiger partial charge in [0, 0.05) is 15.2 Å². The predicted molar refractivity (Wildman–Crippen MR) is 202 cm³/mol. The van der Waals surface area contributed by atoms with Gasteiger partial charge in [-0.15, -0.1) is 0 Å². The molecule has 9 aromatic carbocycles. The molecular formula is C46H28S. The van der Waals surface area contributed by atoms with Crippen LogP contribution >= 0.6 is 11.8 Å². The van der Waals surface area contributed by atoms with Crippen LogP contribution in [0.3, 0.4) is 0 Å². The smallest absolute Gasteiger partial charge is 0.0207 e. The minimum atomic E-state index is 1.23. The Hall–Kier alpha value is -5.63. The molecule has 0 nitrogen and oxygen atoms in total. The van der Waals surface area contributed by atoms with Crippen LogP contribution in [0.4, 0.5) is 0 Å². The Labute approximate surface area is 278 Å². The molecule has 1 aliphatic heterocycles. The van der Waals surface area contributed by atoms with Gasteiger partial charge in [0.05, 0.1) is 0 Å². The van der Waals surface area contributed by atoms with Gasteiger partial charge in [-0.1, -0.05) is 163 Å². The average molecular weight is 613 g/mol. The highest BCUT2D eigenvalue weighted by Gasteiger charge is 2.22. The largest absolute Gasteiger partial charge is 0.0888 e. The number of hydrogen-bond donors (Lipinski definition) is 0. The van der Waals surface area contributed by atoms with Gasteiger partial charge in [0.2, 0.25) is 0 Å². The summed E-state index contributed by atoms with van der Waals surface area (Å²) in [4.78, 5) is 2.64. The van der Waals surface area contributed by atoms with Crippen molar-refractivity contribution in [1.82, 2.24) is 0 Å². The molecule has 0 spiro atoms. The van der Waals surface area contributed by atoms with E-state index >= 15 is 0 Å². The minimum absolute atomic E-state index is 1.23. The highest BCUT2D eigenvalue weighted by molar-refractivity contribution is 7.99. The van der Waals surface area contributed by atoms with E-state index < -0.39 is 0 Å². The summed E-state index contributed by atoms with van der Waals surface area (Å²) < 4.78 is 0. The van der Waals surface area contributed by atoms with E-state index in [4.69, 9.17) is 0 Å².